The van der Waals surface area contributed by atoms with Crippen LogP contribution in [0.4, 0.5) is 0 Å². The Balaban J connectivity index is 3.36. The van der Waals surface area contributed by atoms with E-state index in [1.54, 1.807) is 0 Å². The second kappa shape index (κ2) is 8.90. The Morgan fingerprint density at radius 1 is 1.14 bits per heavy atom. The summed E-state index contributed by atoms with van der Waals surface area (Å²) in [5, 5.41) is 9.89. The van der Waals surface area contributed by atoms with Crippen LogP contribution >= 0.6 is 11.6 Å². The van der Waals surface area contributed by atoms with Crippen LogP contribution in [-0.2, 0) is 5.41 Å². The molecule has 3 nitrogen and oxygen atoms in total. The summed E-state index contributed by atoms with van der Waals surface area (Å²) in [7, 11) is 0. The number of hydrogen-bond donors (Lipinski definition) is 0. The average molecular weight is 324 g/mol. The largest absolute Gasteiger partial charge is 0.494 e. The molecule has 1 aromatic rings. The van der Waals surface area contributed by atoms with Gasteiger partial charge >= 0.3 is 0 Å². The highest BCUT2D eigenvalue weighted by Gasteiger charge is 2.36. The lowest BCUT2D eigenvalue weighted by molar-refractivity contribution is 0.316. The summed E-state index contributed by atoms with van der Waals surface area (Å²) in [5.74, 6) is 2.22. The van der Waals surface area contributed by atoms with Crippen molar-refractivity contribution in [1.82, 2.24) is 0 Å². The number of benzene rings is 1. The molecule has 0 heterocycles. The van der Waals surface area contributed by atoms with Crippen LogP contribution in [-0.4, -0.2) is 19.1 Å². The van der Waals surface area contributed by atoms with Crippen LogP contribution in [0.15, 0.2) is 18.2 Å². The minimum atomic E-state index is -0.576. The van der Waals surface area contributed by atoms with Crippen molar-refractivity contribution in [3.8, 4) is 17.6 Å². The predicted octanol–water partition coefficient (Wildman–Crippen LogP) is 4.92. The highest BCUT2D eigenvalue weighted by Crippen LogP contribution is 2.40. The number of nitriles is 1. The summed E-state index contributed by atoms with van der Waals surface area (Å²) < 4.78 is 11.3. The van der Waals surface area contributed by atoms with Gasteiger partial charge in [0.05, 0.1) is 24.7 Å². The minimum absolute atomic E-state index is 0.173. The molecule has 1 aromatic carbocycles. The molecule has 0 aliphatic rings. The van der Waals surface area contributed by atoms with Gasteiger partial charge in [-0.2, -0.15) is 5.26 Å². The number of halogens is 1. The van der Waals surface area contributed by atoms with Gasteiger partial charge < -0.3 is 9.47 Å². The molecule has 1 atom stereocenters. The lowest BCUT2D eigenvalue weighted by atomic mass is 9.70. The maximum Gasteiger partial charge on any atom is 0.123 e. The molecule has 0 aliphatic carbocycles. The van der Waals surface area contributed by atoms with Crippen molar-refractivity contribution >= 4 is 11.6 Å². The number of rotatable bonds is 9. The highest BCUT2D eigenvalue weighted by atomic mass is 35.5. The summed E-state index contributed by atoms with van der Waals surface area (Å²) in [4.78, 5) is 0. The first-order valence-electron chi connectivity index (χ1n) is 7.92. The zero-order valence-electron chi connectivity index (χ0n) is 14.0. The first-order chi connectivity index (χ1) is 10.5. The number of alkyl halides is 1. The fraction of sp³-hybridized carbons (Fsp3) is 0.611. The quantitative estimate of drug-likeness (QED) is 0.606. The first-order valence-corrected chi connectivity index (χ1v) is 8.45. The van der Waals surface area contributed by atoms with Crippen molar-refractivity contribution in [3.05, 3.63) is 23.8 Å². The monoisotopic (exact) mass is 323 g/mol. The fourth-order valence-corrected chi connectivity index (χ4v) is 2.82. The Morgan fingerprint density at radius 3 is 2.05 bits per heavy atom. The van der Waals surface area contributed by atoms with E-state index in [-0.39, 0.29) is 5.92 Å². The lowest BCUT2D eigenvalue weighted by Gasteiger charge is -2.32. The third-order valence-corrected chi connectivity index (χ3v) is 4.17. The van der Waals surface area contributed by atoms with Crippen LogP contribution in [0.1, 0.15) is 46.1 Å². The third kappa shape index (κ3) is 4.30. The van der Waals surface area contributed by atoms with E-state index in [2.05, 4.69) is 19.9 Å². The molecule has 0 bridgehead atoms. The van der Waals surface area contributed by atoms with Gasteiger partial charge in [-0.3, -0.25) is 0 Å². The topological polar surface area (TPSA) is 42.2 Å². The van der Waals surface area contributed by atoms with Crippen molar-refractivity contribution in [2.24, 2.45) is 5.92 Å². The SMILES string of the molecule is CCOc1cc(OCC)cc(C(C#N)(CCCCl)C(C)C)c1. The van der Waals surface area contributed by atoms with Crippen LogP contribution in [0.25, 0.3) is 0 Å². The Morgan fingerprint density at radius 2 is 1.68 bits per heavy atom. The van der Waals surface area contributed by atoms with Gasteiger partial charge in [-0.25, -0.2) is 0 Å². The zero-order valence-corrected chi connectivity index (χ0v) is 14.7. The standard InChI is InChI=1S/C18H26ClNO2/c1-5-21-16-10-15(11-17(12-16)22-6-2)18(13-20,14(3)4)8-7-9-19/h10-12,14H,5-9H2,1-4H3. The first kappa shape index (κ1) is 18.6. The number of nitrogens with zero attached hydrogens (tertiary/aromatic N) is 1. The predicted molar refractivity (Wildman–Crippen MR) is 90.9 cm³/mol. The molecular formula is C18H26ClNO2. The normalized spacial score (nSPS) is 13.5. The Labute approximate surface area is 139 Å². The average Bonchev–Trinajstić information content (AvgIpc) is 2.49. The smallest absolute Gasteiger partial charge is 0.123 e. The second-order valence-corrected chi connectivity index (χ2v) is 5.97. The van der Waals surface area contributed by atoms with Gasteiger partial charge in [0, 0.05) is 11.9 Å². The molecule has 0 saturated heterocycles. The molecule has 0 fully saturated rings. The summed E-state index contributed by atoms with van der Waals surface area (Å²) in [6.45, 7) is 9.20. The summed E-state index contributed by atoms with van der Waals surface area (Å²) >= 11 is 5.86. The summed E-state index contributed by atoms with van der Waals surface area (Å²) in [6, 6.07) is 8.33. The Kier molecular flexibility index (Phi) is 7.55. The number of ether oxygens (including phenoxy) is 2. The van der Waals surface area contributed by atoms with Crippen LogP contribution in [0, 0.1) is 17.2 Å². The molecule has 122 valence electrons. The molecule has 1 unspecified atom stereocenters. The van der Waals surface area contributed by atoms with E-state index in [1.165, 1.54) is 0 Å². The van der Waals surface area contributed by atoms with E-state index < -0.39 is 5.41 Å². The van der Waals surface area contributed by atoms with Crippen molar-refractivity contribution in [1.29, 1.82) is 5.26 Å². The molecule has 4 heteroatoms. The zero-order chi connectivity index (χ0) is 16.6. The maximum absolute atomic E-state index is 9.89. The van der Waals surface area contributed by atoms with Gasteiger partial charge in [-0.1, -0.05) is 13.8 Å². The summed E-state index contributed by atoms with van der Waals surface area (Å²) in [6.07, 6.45) is 1.53. The fourth-order valence-electron chi connectivity index (χ4n) is 2.69. The van der Waals surface area contributed by atoms with E-state index in [9.17, 15) is 5.26 Å². The van der Waals surface area contributed by atoms with Crippen molar-refractivity contribution < 1.29 is 9.47 Å². The molecular weight excluding hydrogens is 298 g/mol. The van der Waals surface area contributed by atoms with E-state index in [1.807, 2.05) is 32.0 Å². The number of hydrogen-bond acceptors (Lipinski definition) is 3. The molecule has 22 heavy (non-hydrogen) atoms. The highest BCUT2D eigenvalue weighted by molar-refractivity contribution is 6.17. The Hall–Kier alpha value is -1.40. The molecule has 1 rings (SSSR count). The van der Waals surface area contributed by atoms with E-state index >= 15 is 0 Å². The van der Waals surface area contributed by atoms with Gasteiger partial charge in [0.2, 0.25) is 0 Å². The van der Waals surface area contributed by atoms with Gasteiger partial charge in [-0.15, -0.1) is 11.6 Å². The van der Waals surface area contributed by atoms with Crippen molar-refractivity contribution in [2.75, 3.05) is 19.1 Å². The molecule has 0 amide bonds. The Bertz CT molecular complexity index is 486. The van der Waals surface area contributed by atoms with E-state index in [4.69, 9.17) is 21.1 Å². The van der Waals surface area contributed by atoms with Gasteiger partial charge in [0.1, 0.15) is 11.5 Å². The lowest BCUT2D eigenvalue weighted by Crippen LogP contribution is -2.31. The molecule has 0 saturated carbocycles. The second-order valence-electron chi connectivity index (χ2n) is 5.59. The molecule has 0 N–H and O–H groups in total. The van der Waals surface area contributed by atoms with Crippen LogP contribution in [0.3, 0.4) is 0 Å². The van der Waals surface area contributed by atoms with E-state index in [0.29, 0.717) is 19.1 Å². The van der Waals surface area contributed by atoms with Gasteiger partial charge in [-0.05, 0) is 50.3 Å². The maximum atomic E-state index is 9.89. The summed E-state index contributed by atoms with van der Waals surface area (Å²) in [5.41, 5.74) is 0.373. The van der Waals surface area contributed by atoms with Crippen molar-refractivity contribution in [2.45, 2.75) is 46.0 Å². The van der Waals surface area contributed by atoms with E-state index in [0.717, 1.165) is 29.9 Å². The molecule has 0 radical (unpaired) electrons. The van der Waals surface area contributed by atoms with Crippen LogP contribution in [0.5, 0.6) is 11.5 Å². The third-order valence-electron chi connectivity index (χ3n) is 3.91. The van der Waals surface area contributed by atoms with Crippen molar-refractivity contribution in [3.63, 3.8) is 0 Å². The van der Waals surface area contributed by atoms with Gasteiger partial charge in [0.25, 0.3) is 0 Å². The van der Waals surface area contributed by atoms with Crippen LogP contribution in [0.2, 0.25) is 0 Å². The minimum Gasteiger partial charge on any atom is -0.494 e. The molecule has 0 spiro atoms. The van der Waals surface area contributed by atoms with Crippen LogP contribution < -0.4 is 9.47 Å². The molecule has 0 aliphatic heterocycles. The molecule has 0 aromatic heterocycles. The van der Waals surface area contributed by atoms with Gasteiger partial charge in [0.15, 0.2) is 0 Å².